The molecule has 0 saturated carbocycles. The first-order chi connectivity index (χ1) is 8.09. The van der Waals surface area contributed by atoms with E-state index in [4.69, 9.17) is 4.74 Å². The number of benzene rings is 1. The van der Waals surface area contributed by atoms with Crippen molar-refractivity contribution in [2.75, 3.05) is 12.4 Å². The Balaban J connectivity index is 2.27. The van der Waals surface area contributed by atoms with E-state index in [0.29, 0.717) is 6.61 Å². The Labute approximate surface area is 103 Å². The third-order valence-corrected chi connectivity index (χ3v) is 2.94. The molecule has 0 saturated heterocycles. The summed E-state index contributed by atoms with van der Waals surface area (Å²) < 4.78 is 4.78. The van der Waals surface area contributed by atoms with Crippen molar-refractivity contribution in [1.82, 2.24) is 0 Å². The number of thioether (sulfide) groups is 1. The highest BCUT2D eigenvalue weighted by atomic mass is 32.2. The van der Waals surface area contributed by atoms with Gasteiger partial charge < -0.3 is 4.74 Å². The van der Waals surface area contributed by atoms with E-state index in [2.05, 4.69) is 0 Å². The lowest BCUT2D eigenvalue weighted by Crippen LogP contribution is -2.02. The second kappa shape index (κ2) is 6.90. The SMILES string of the molecule is CC(=O)OCCSCc1ccc([N+](=O)[O-])cc1. The van der Waals surface area contributed by atoms with Crippen molar-refractivity contribution < 1.29 is 14.5 Å². The second-order valence-electron chi connectivity index (χ2n) is 3.32. The van der Waals surface area contributed by atoms with Crippen molar-refractivity contribution in [2.45, 2.75) is 12.7 Å². The van der Waals surface area contributed by atoms with E-state index in [-0.39, 0.29) is 11.7 Å². The molecule has 0 atom stereocenters. The molecule has 0 aliphatic rings. The maximum Gasteiger partial charge on any atom is 0.302 e. The minimum absolute atomic E-state index is 0.0960. The number of hydrogen-bond acceptors (Lipinski definition) is 5. The quantitative estimate of drug-likeness (QED) is 0.338. The molecule has 5 nitrogen and oxygen atoms in total. The van der Waals surface area contributed by atoms with Crippen LogP contribution in [0.1, 0.15) is 12.5 Å². The number of rotatable bonds is 6. The summed E-state index contributed by atoms with van der Waals surface area (Å²) in [7, 11) is 0. The number of hydrogen-bond donors (Lipinski definition) is 0. The minimum Gasteiger partial charge on any atom is -0.465 e. The number of esters is 1. The first kappa shape index (κ1) is 13.5. The Morgan fingerprint density at radius 2 is 2.06 bits per heavy atom. The van der Waals surface area contributed by atoms with Crippen molar-refractivity contribution >= 4 is 23.4 Å². The largest absolute Gasteiger partial charge is 0.465 e. The fourth-order valence-corrected chi connectivity index (χ4v) is 1.92. The molecule has 0 unspecified atom stereocenters. The Morgan fingerprint density at radius 1 is 1.41 bits per heavy atom. The van der Waals surface area contributed by atoms with Gasteiger partial charge in [-0.1, -0.05) is 12.1 Å². The maximum absolute atomic E-state index is 10.5. The van der Waals surface area contributed by atoms with Gasteiger partial charge in [0.15, 0.2) is 0 Å². The van der Waals surface area contributed by atoms with Crippen molar-refractivity contribution in [3.8, 4) is 0 Å². The number of non-ortho nitro benzene ring substituents is 1. The van der Waals surface area contributed by atoms with Crippen LogP contribution in [0, 0.1) is 10.1 Å². The van der Waals surface area contributed by atoms with Gasteiger partial charge in [0.1, 0.15) is 6.61 Å². The van der Waals surface area contributed by atoms with Gasteiger partial charge in [-0.15, -0.1) is 0 Å². The van der Waals surface area contributed by atoms with E-state index in [1.807, 2.05) is 0 Å². The molecule has 0 N–H and O–H groups in total. The normalized spacial score (nSPS) is 9.94. The van der Waals surface area contributed by atoms with Crippen LogP contribution in [0.5, 0.6) is 0 Å². The Hall–Kier alpha value is -1.56. The predicted molar refractivity (Wildman–Crippen MR) is 65.9 cm³/mol. The summed E-state index contributed by atoms with van der Waals surface area (Å²) >= 11 is 1.62. The van der Waals surface area contributed by atoms with Crippen molar-refractivity contribution in [1.29, 1.82) is 0 Å². The van der Waals surface area contributed by atoms with Gasteiger partial charge in [-0.05, 0) is 5.56 Å². The van der Waals surface area contributed by atoms with Gasteiger partial charge in [0.25, 0.3) is 5.69 Å². The molecule has 92 valence electrons. The molecule has 0 radical (unpaired) electrons. The van der Waals surface area contributed by atoms with Crippen LogP contribution in [0.3, 0.4) is 0 Å². The molecule has 17 heavy (non-hydrogen) atoms. The van der Waals surface area contributed by atoms with Crippen LogP contribution in [-0.2, 0) is 15.3 Å². The lowest BCUT2D eigenvalue weighted by atomic mass is 10.2. The van der Waals surface area contributed by atoms with Crippen LogP contribution in [0.4, 0.5) is 5.69 Å². The molecule has 0 heterocycles. The van der Waals surface area contributed by atoms with E-state index >= 15 is 0 Å². The van der Waals surface area contributed by atoms with Crippen molar-refractivity contribution in [2.24, 2.45) is 0 Å². The van der Waals surface area contributed by atoms with Crippen LogP contribution in [0.25, 0.3) is 0 Å². The van der Waals surface area contributed by atoms with E-state index in [9.17, 15) is 14.9 Å². The average Bonchev–Trinajstić information content (AvgIpc) is 2.29. The molecule has 0 amide bonds. The topological polar surface area (TPSA) is 69.4 Å². The highest BCUT2D eigenvalue weighted by Crippen LogP contribution is 2.16. The van der Waals surface area contributed by atoms with Crippen LogP contribution in [0.15, 0.2) is 24.3 Å². The fourth-order valence-electron chi connectivity index (χ4n) is 1.15. The number of nitro benzene ring substituents is 1. The van der Waals surface area contributed by atoms with Crippen molar-refractivity contribution in [3.05, 3.63) is 39.9 Å². The minimum atomic E-state index is -0.419. The van der Waals surface area contributed by atoms with Crippen LogP contribution >= 0.6 is 11.8 Å². The van der Waals surface area contributed by atoms with Gasteiger partial charge in [-0.2, -0.15) is 11.8 Å². The summed E-state index contributed by atoms with van der Waals surface area (Å²) in [6, 6.07) is 6.44. The Bertz CT molecular complexity index is 391. The highest BCUT2D eigenvalue weighted by molar-refractivity contribution is 7.98. The van der Waals surface area contributed by atoms with Gasteiger partial charge in [0.2, 0.25) is 0 Å². The highest BCUT2D eigenvalue weighted by Gasteiger charge is 2.03. The molecule has 0 spiro atoms. The van der Waals surface area contributed by atoms with Gasteiger partial charge in [-0.25, -0.2) is 0 Å². The molecule has 1 aromatic carbocycles. The molecule has 0 bridgehead atoms. The van der Waals surface area contributed by atoms with E-state index in [1.54, 1.807) is 23.9 Å². The smallest absolute Gasteiger partial charge is 0.302 e. The average molecular weight is 255 g/mol. The van der Waals surface area contributed by atoms with E-state index in [1.165, 1.54) is 19.1 Å². The number of nitro groups is 1. The number of carbonyl (C=O) groups is 1. The summed E-state index contributed by atoms with van der Waals surface area (Å²) in [4.78, 5) is 20.5. The van der Waals surface area contributed by atoms with Gasteiger partial charge in [0.05, 0.1) is 4.92 Å². The molecular formula is C11H13NO4S. The van der Waals surface area contributed by atoms with Gasteiger partial charge in [-0.3, -0.25) is 14.9 Å². The van der Waals surface area contributed by atoms with Crippen LogP contribution in [0.2, 0.25) is 0 Å². The molecule has 0 aliphatic heterocycles. The van der Waals surface area contributed by atoms with Crippen molar-refractivity contribution in [3.63, 3.8) is 0 Å². The summed E-state index contributed by atoms with van der Waals surface area (Å²) in [6.45, 7) is 1.77. The van der Waals surface area contributed by atoms with Crippen LogP contribution < -0.4 is 0 Å². The predicted octanol–water partition coefficient (Wildman–Crippen LogP) is 2.39. The first-order valence-electron chi connectivity index (χ1n) is 5.04. The molecule has 0 aliphatic carbocycles. The van der Waals surface area contributed by atoms with E-state index < -0.39 is 4.92 Å². The number of carbonyl (C=O) groups excluding carboxylic acids is 1. The lowest BCUT2D eigenvalue weighted by molar-refractivity contribution is -0.384. The molecule has 6 heteroatoms. The Morgan fingerprint density at radius 3 is 2.59 bits per heavy atom. The Kier molecular flexibility index (Phi) is 5.48. The molecule has 0 fully saturated rings. The van der Waals surface area contributed by atoms with Crippen LogP contribution in [-0.4, -0.2) is 23.3 Å². The second-order valence-corrected chi connectivity index (χ2v) is 4.42. The van der Waals surface area contributed by atoms with Gasteiger partial charge >= 0.3 is 5.97 Å². The molecule has 1 rings (SSSR count). The number of ether oxygens (including phenoxy) is 1. The molecular weight excluding hydrogens is 242 g/mol. The number of nitrogens with zero attached hydrogens (tertiary/aromatic N) is 1. The fraction of sp³-hybridized carbons (Fsp3) is 0.364. The summed E-state index contributed by atoms with van der Waals surface area (Å²) in [5.41, 5.74) is 1.11. The maximum atomic E-state index is 10.5. The summed E-state index contributed by atoms with van der Waals surface area (Å²) in [6.07, 6.45) is 0. The third kappa shape index (κ3) is 5.35. The zero-order valence-electron chi connectivity index (χ0n) is 9.42. The summed E-state index contributed by atoms with van der Waals surface area (Å²) in [5, 5.41) is 10.4. The molecule has 1 aromatic rings. The standard InChI is InChI=1S/C11H13NO4S/c1-9(13)16-6-7-17-8-10-2-4-11(5-3-10)12(14)15/h2-5H,6-8H2,1H3. The zero-order chi connectivity index (χ0) is 12.7. The van der Waals surface area contributed by atoms with E-state index in [0.717, 1.165) is 17.1 Å². The summed E-state index contributed by atoms with van der Waals surface area (Å²) in [5.74, 6) is 1.19. The third-order valence-electron chi connectivity index (χ3n) is 1.95. The first-order valence-corrected chi connectivity index (χ1v) is 6.19. The zero-order valence-corrected chi connectivity index (χ0v) is 10.2. The monoisotopic (exact) mass is 255 g/mol. The molecule has 0 aromatic heterocycles. The lowest BCUT2D eigenvalue weighted by Gasteiger charge is -2.02. The van der Waals surface area contributed by atoms with Gasteiger partial charge in [0, 0.05) is 30.6 Å².